The second-order valence-electron chi connectivity index (χ2n) is 8.77. The lowest BCUT2D eigenvalue weighted by Gasteiger charge is -2.26. The van der Waals surface area contributed by atoms with Crippen LogP contribution < -0.4 is 14.4 Å². The fourth-order valence-corrected chi connectivity index (χ4v) is 4.29. The van der Waals surface area contributed by atoms with Gasteiger partial charge in [0.1, 0.15) is 17.3 Å². The van der Waals surface area contributed by atoms with E-state index in [-0.39, 0.29) is 17.4 Å². The Labute approximate surface area is 209 Å². The molecule has 1 aliphatic heterocycles. The van der Waals surface area contributed by atoms with Gasteiger partial charge in [-0.2, -0.15) is 5.26 Å². The summed E-state index contributed by atoms with van der Waals surface area (Å²) in [4.78, 5) is 28.1. The molecule has 0 spiro atoms. The van der Waals surface area contributed by atoms with Crippen molar-refractivity contribution in [3.63, 3.8) is 0 Å². The van der Waals surface area contributed by atoms with Crippen molar-refractivity contribution in [2.24, 2.45) is 0 Å². The molecule has 1 heterocycles. The van der Waals surface area contributed by atoms with Gasteiger partial charge in [0, 0.05) is 5.69 Å². The second-order valence-corrected chi connectivity index (χ2v) is 8.77. The van der Waals surface area contributed by atoms with Crippen molar-refractivity contribution in [3.05, 3.63) is 94.6 Å². The number of aliphatic hydroxyl groups is 1. The standard InChI is InChI=1S/C29H26N2O5/c1-17(2)36-22-7-5-6-20(15-22)26-25(27(32)23-14-18(3)8-13-24(23)35-4)28(33)29(34)31(26)21-11-9-19(16-30)10-12-21/h5-15,17,26,32H,1-4H3/b27-25+. The van der Waals surface area contributed by atoms with E-state index in [4.69, 9.17) is 9.47 Å². The molecular formula is C29H26N2O5. The van der Waals surface area contributed by atoms with E-state index in [1.54, 1.807) is 60.7 Å². The summed E-state index contributed by atoms with van der Waals surface area (Å²) in [6, 6.07) is 19.8. The Morgan fingerprint density at radius 3 is 2.42 bits per heavy atom. The summed E-state index contributed by atoms with van der Waals surface area (Å²) in [7, 11) is 1.47. The molecule has 36 heavy (non-hydrogen) atoms. The minimum Gasteiger partial charge on any atom is -0.507 e. The normalized spacial score (nSPS) is 16.8. The molecule has 1 saturated heterocycles. The first-order valence-corrected chi connectivity index (χ1v) is 11.5. The molecule has 1 aliphatic rings. The zero-order valence-electron chi connectivity index (χ0n) is 20.5. The Hall–Kier alpha value is -4.57. The monoisotopic (exact) mass is 482 g/mol. The third-order valence-corrected chi connectivity index (χ3v) is 5.87. The quantitative estimate of drug-likeness (QED) is 0.291. The zero-order valence-corrected chi connectivity index (χ0v) is 20.5. The number of rotatable bonds is 6. The van der Waals surface area contributed by atoms with Crippen LogP contribution >= 0.6 is 0 Å². The topological polar surface area (TPSA) is 99.9 Å². The van der Waals surface area contributed by atoms with Crippen LogP contribution in [0.3, 0.4) is 0 Å². The SMILES string of the molecule is COc1ccc(C)cc1/C(O)=C1\C(=O)C(=O)N(c2ccc(C#N)cc2)C1c1cccc(OC(C)C)c1. The van der Waals surface area contributed by atoms with E-state index in [0.717, 1.165) is 5.56 Å². The van der Waals surface area contributed by atoms with Gasteiger partial charge >= 0.3 is 0 Å². The fourth-order valence-electron chi connectivity index (χ4n) is 4.29. The van der Waals surface area contributed by atoms with Gasteiger partial charge in [0.25, 0.3) is 11.7 Å². The van der Waals surface area contributed by atoms with Crippen molar-refractivity contribution < 1.29 is 24.2 Å². The average Bonchev–Trinajstić information content (AvgIpc) is 3.13. The first kappa shape index (κ1) is 24.6. The van der Waals surface area contributed by atoms with Gasteiger partial charge in [0.2, 0.25) is 0 Å². The molecule has 0 aliphatic carbocycles. The van der Waals surface area contributed by atoms with E-state index >= 15 is 0 Å². The molecule has 0 bridgehead atoms. The van der Waals surface area contributed by atoms with Crippen molar-refractivity contribution in [3.8, 4) is 17.6 Å². The average molecular weight is 483 g/mol. The van der Waals surface area contributed by atoms with Crippen LogP contribution in [0.25, 0.3) is 5.76 Å². The number of benzene rings is 3. The number of anilines is 1. The Morgan fingerprint density at radius 1 is 1.06 bits per heavy atom. The maximum absolute atomic E-state index is 13.4. The van der Waals surface area contributed by atoms with Crippen molar-refractivity contribution in [1.82, 2.24) is 0 Å². The van der Waals surface area contributed by atoms with Gasteiger partial charge in [-0.1, -0.05) is 23.8 Å². The number of ether oxygens (including phenoxy) is 2. The highest BCUT2D eigenvalue weighted by atomic mass is 16.5. The van der Waals surface area contributed by atoms with E-state index in [9.17, 15) is 20.0 Å². The fraction of sp³-hybridized carbons (Fsp3) is 0.207. The summed E-state index contributed by atoms with van der Waals surface area (Å²) >= 11 is 0. The lowest BCUT2D eigenvalue weighted by atomic mass is 9.94. The van der Waals surface area contributed by atoms with Crippen molar-refractivity contribution in [2.75, 3.05) is 12.0 Å². The Bertz CT molecular complexity index is 1400. The molecule has 1 amide bonds. The van der Waals surface area contributed by atoms with Crippen LogP contribution in [0.1, 0.15) is 42.1 Å². The number of nitriles is 1. The molecule has 3 aromatic rings. The van der Waals surface area contributed by atoms with Gasteiger partial charge in [0.15, 0.2) is 0 Å². The molecule has 1 unspecified atom stereocenters. The molecule has 7 nitrogen and oxygen atoms in total. The van der Waals surface area contributed by atoms with Gasteiger partial charge in [-0.05, 0) is 74.9 Å². The molecule has 0 aromatic heterocycles. The Kier molecular flexibility index (Phi) is 6.80. The van der Waals surface area contributed by atoms with Gasteiger partial charge in [-0.15, -0.1) is 0 Å². The van der Waals surface area contributed by atoms with E-state index in [1.165, 1.54) is 12.0 Å². The number of aryl methyl sites for hydroxylation is 1. The molecule has 0 saturated carbocycles. The van der Waals surface area contributed by atoms with E-state index in [1.807, 2.05) is 32.9 Å². The number of aliphatic hydroxyl groups excluding tert-OH is 1. The number of hydrogen-bond acceptors (Lipinski definition) is 6. The largest absolute Gasteiger partial charge is 0.507 e. The maximum atomic E-state index is 13.4. The second kappa shape index (κ2) is 9.96. The van der Waals surface area contributed by atoms with Crippen molar-refractivity contribution in [2.45, 2.75) is 32.9 Å². The van der Waals surface area contributed by atoms with Crippen molar-refractivity contribution in [1.29, 1.82) is 5.26 Å². The number of Topliss-reactive ketones (excluding diaryl/α,β-unsaturated/α-hetero) is 1. The number of hydrogen-bond donors (Lipinski definition) is 1. The van der Waals surface area contributed by atoms with Crippen LogP contribution in [0.2, 0.25) is 0 Å². The van der Waals surface area contributed by atoms with E-state index in [2.05, 4.69) is 0 Å². The summed E-state index contributed by atoms with van der Waals surface area (Å²) < 4.78 is 11.3. The lowest BCUT2D eigenvalue weighted by Crippen LogP contribution is -2.29. The molecule has 4 rings (SSSR count). The van der Waals surface area contributed by atoms with Crippen LogP contribution in [-0.4, -0.2) is 30.0 Å². The van der Waals surface area contributed by atoms with Gasteiger partial charge < -0.3 is 14.6 Å². The number of carbonyl (C=O) groups is 2. The molecule has 0 radical (unpaired) electrons. The summed E-state index contributed by atoms with van der Waals surface area (Å²) in [5, 5.41) is 20.6. The Morgan fingerprint density at radius 2 is 1.78 bits per heavy atom. The van der Waals surface area contributed by atoms with Crippen LogP contribution in [-0.2, 0) is 9.59 Å². The molecule has 1 N–H and O–H groups in total. The number of carbonyl (C=O) groups excluding carboxylic acids is 2. The van der Waals surface area contributed by atoms with Crippen LogP contribution in [0.15, 0.2) is 72.3 Å². The summed E-state index contributed by atoms with van der Waals surface area (Å²) in [6.45, 7) is 5.66. The minimum absolute atomic E-state index is 0.0602. The number of amides is 1. The first-order valence-electron chi connectivity index (χ1n) is 11.5. The summed E-state index contributed by atoms with van der Waals surface area (Å²) in [5.74, 6) is -0.988. The molecular weight excluding hydrogens is 456 g/mol. The number of methoxy groups -OCH3 is 1. The number of nitrogens with zero attached hydrogens (tertiary/aromatic N) is 2. The molecule has 1 atom stereocenters. The summed E-state index contributed by atoms with van der Waals surface area (Å²) in [6.07, 6.45) is -0.0818. The highest BCUT2D eigenvalue weighted by Gasteiger charge is 2.47. The van der Waals surface area contributed by atoms with Crippen molar-refractivity contribution >= 4 is 23.1 Å². The van der Waals surface area contributed by atoms with Crippen LogP contribution in [0.4, 0.5) is 5.69 Å². The summed E-state index contributed by atoms with van der Waals surface area (Å²) in [5.41, 5.74) is 2.53. The molecule has 3 aromatic carbocycles. The van der Waals surface area contributed by atoms with Crippen LogP contribution in [0.5, 0.6) is 11.5 Å². The molecule has 1 fully saturated rings. The predicted octanol–water partition coefficient (Wildman–Crippen LogP) is 5.29. The molecule has 182 valence electrons. The van der Waals surface area contributed by atoms with Gasteiger partial charge in [-0.25, -0.2) is 0 Å². The van der Waals surface area contributed by atoms with E-state index < -0.39 is 17.7 Å². The molecule has 7 heteroatoms. The minimum atomic E-state index is -0.932. The Balaban J connectivity index is 1.97. The number of ketones is 1. The zero-order chi connectivity index (χ0) is 26.0. The first-order chi connectivity index (χ1) is 17.2. The van der Waals surface area contributed by atoms with E-state index in [0.29, 0.717) is 33.9 Å². The maximum Gasteiger partial charge on any atom is 0.300 e. The van der Waals surface area contributed by atoms with Gasteiger partial charge in [-0.3, -0.25) is 14.5 Å². The third-order valence-electron chi connectivity index (χ3n) is 5.87. The van der Waals surface area contributed by atoms with Gasteiger partial charge in [0.05, 0.1) is 42.0 Å². The highest BCUT2D eigenvalue weighted by Crippen LogP contribution is 2.44. The highest BCUT2D eigenvalue weighted by molar-refractivity contribution is 6.51. The lowest BCUT2D eigenvalue weighted by molar-refractivity contribution is -0.132. The smallest absolute Gasteiger partial charge is 0.300 e. The third kappa shape index (κ3) is 4.53. The van der Waals surface area contributed by atoms with Crippen LogP contribution in [0, 0.1) is 18.3 Å². The predicted molar refractivity (Wildman–Crippen MR) is 136 cm³/mol.